The van der Waals surface area contributed by atoms with E-state index in [9.17, 15) is 0 Å². The maximum atomic E-state index is 5.21. The SMILES string of the molecule is [CH]=C/C=C/C=C/C=C/C=C/C=C/C=C/C=C/CCCCCCC. The van der Waals surface area contributed by atoms with E-state index in [2.05, 4.69) is 31.2 Å². The van der Waals surface area contributed by atoms with Crippen LogP contribution in [0.3, 0.4) is 0 Å². The zero-order valence-corrected chi connectivity index (χ0v) is 14.5. The average molecular weight is 308 g/mol. The molecule has 0 rings (SSSR count). The molecule has 0 heteroatoms. The highest BCUT2D eigenvalue weighted by molar-refractivity contribution is 5.20. The predicted molar refractivity (Wildman–Crippen MR) is 106 cm³/mol. The molecule has 0 aliphatic rings. The minimum Gasteiger partial charge on any atom is -0.0845 e. The van der Waals surface area contributed by atoms with E-state index in [4.69, 9.17) is 6.58 Å². The summed E-state index contributed by atoms with van der Waals surface area (Å²) in [5.74, 6) is 0. The molecule has 1 radical (unpaired) electrons. The lowest BCUT2D eigenvalue weighted by Crippen LogP contribution is -1.75. The molecule has 0 aliphatic carbocycles. The number of hydrogen-bond donors (Lipinski definition) is 0. The quantitative estimate of drug-likeness (QED) is 0.249. The monoisotopic (exact) mass is 307 g/mol. The number of rotatable bonds is 13. The summed E-state index contributed by atoms with van der Waals surface area (Å²) in [5.41, 5.74) is 0. The molecule has 123 valence electrons. The molecule has 0 amide bonds. The van der Waals surface area contributed by atoms with Crippen molar-refractivity contribution < 1.29 is 0 Å². The Kier molecular flexibility index (Phi) is 18.1. The maximum absolute atomic E-state index is 5.21. The van der Waals surface area contributed by atoms with Crippen molar-refractivity contribution in [2.75, 3.05) is 0 Å². The molecule has 0 heterocycles. The van der Waals surface area contributed by atoms with Gasteiger partial charge in [0.1, 0.15) is 0 Å². The summed E-state index contributed by atoms with van der Waals surface area (Å²) in [4.78, 5) is 0. The van der Waals surface area contributed by atoms with Crippen LogP contribution in [0.1, 0.15) is 45.4 Å². The first-order chi connectivity index (χ1) is 11.4. The van der Waals surface area contributed by atoms with Crippen LogP contribution in [0.5, 0.6) is 0 Å². The number of hydrogen-bond acceptors (Lipinski definition) is 0. The third-order valence-corrected chi connectivity index (χ3v) is 3.05. The Bertz CT molecular complexity index is 450. The molecule has 0 unspecified atom stereocenters. The average Bonchev–Trinajstić information content (AvgIpc) is 2.57. The Morgan fingerprint density at radius 2 is 0.957 bits per heavy atom. The van der Waals surface area contributed by atoms with Crippen LogP contribution in [0.2, 0.25) is 0 Å². The molecule has 0 N–H and O–H groups in total. The van der Waals surface area contributed by atoms with Gasteiger partial charge in [0.05, 0.1) is 0 Å². The summed E-state index contributed by atoms with van der Waals surface area (Å²) in [6.07, 6.45) is 37.5. The Morgan fingerprint density at radius 1 is 0.522 bits per heavy atom. The maximum Gasteiger partial charge on any atom is -0.0348 e. The van der Waals surface area contributed by atoms with Gasteiger partial charge in [-0.3, -0.25) is 0 Å². The molecule has 0 aromatic carbocycles. The number of allylic oxidation sites excluding steroid dienone is 15. The lowest BCUT2D eigenvalue weighted by atomic mass is 10.1. The van der Waals surface area contributed by atoms with Crippen LogP contribution >= 0.6 is 0 Å². The van der Waals surface area contributed by atoms with E-state index in [0.29, 0.717) is 0 Å². The van der Waals surface area contributed by atoms with Gasteiger partial charge in [-0.05, 0) is 12.8 Å². The third kappa shape index (κ3) is 19.9. The second-order valence-electron chi connectivity index (χ2n) is 5.13. The third-order valence-electron chi connectivity index (χ3n) is 3.05. The van der Waals surface area contributed by atoms with Gasteiger partial charge >= 0.3 is 0 Å². The summed E-state index contributed by atoms with van der Waals surface area (Å²) >= 11 is 0. The highest BCUT2D eigenvalue weighted by atomic mass is 13.9. The van der Waals surface area contributed by atoms with Crippen molar-refractivity contribution in [2.24, 2.45) is 0 Å². The van der Waals surface area contributed by atoms with E-state index in [1.54, 1.807) is 6.08 Å². The first-order valence-corrected chi connectivity index (χ1v) is 8.62. The standard InChI is InChI=1S/C23H31/c1-3-5-7-9-11-13-15-17-19-21-23-22-20-18-16-14-12-10-8-6-4-2/h1,3,5,7,9,11,13,15-23H,4,6,8,10,12,14H2,2H3/b3-1?,7-5+,11-9+,15-13+,18-16+,19-17+,22-20+,23-21+. The van der Waals surface area contributed by atoms with Crippen molar-refractivity contribution in [1.82, 2.24) is 0 Å². The molecule has 0 nitrogen and oxygen atoms in total. The van der Waals surface area contributed by atoms with E-state index in [0.717, 1.165) is 0 Å². The fourth-order valence-corrected chi connectivity index (χ4v) is 1.81. The van der Waals surface area contributed by atoms with Gasteiger partial charge in [0.25, 0.3) is 0 Å². The Morgan fingerprint density at radius 3 is 1.43 bits per heavy atom. The van der Waals surface area contributed by atoms with Crippen molar-refractivity contribution in [3.63, 3.8) is 0 Å². The van der Waals surface area contributed by atoms with Gasteiger partial charge < -0.3 is 0 Å². The molecule has 0 saturated carbocycles. The van der Waals surface area contributed by atoms with E-state index < -0.39 is 0 Å². The van der Waals surface area contributed by atoms with Crippen LogP contribution in [-0.2, 0) is 0 Å². The van der Waals surface area contributed by atoms with Gasteiger partial charge in [-0.25, -0.2) is 0 Å². The molecular formula is C23H31. The first-order valence-electron chi connectivity index (χ1n) is 8.62. The lowest BCUT2D eigenvalue weighted by Gasteiger charge is -1.95. The van der Waals surface area contributed by atoms with E-state index in [1.807, 2.05) is 54.7 Å². The van der Waals surface area contributed by atoms with Crippen LogP contribution in [0.4, 0.5) is 0 Å². The minimum absolute atomic E-state index is 1.19. The van der Waals surface area contributed by atoms with Crippen LogP contribution in [-0.4, -0.2) is 0 Å². The van der Waals surface area contributed by atoms with Crippen LogP contribution in [0.25, 0.3) is 0 Å². The van der Waals surface area contributed by atoms with E-state index in [1.165, 1.54) is 44.6 Å². The van der Waals surface area contributed by atoms with Gasteiger partial charge in [-0.2, -0.15) is 0 Å². The molecule has 0 aromatic heterocycles. The fourth-order valence-electron chi connectivity index (χ4n) is 1.81. The van der Waals surface area contributed by atoms with E-state index >= 15 is 0 Å². The molecule has 0 aliphatic heterocycles. The molecular weight excluding hydrogens is 276 g/mol. The zero-order chi connectivity index (χ0) is 16.8. The van der Waals surface area contributed by atoms with Crippen LogP contribution in [0.15, 0.2) is 91.1 Å². The summed E-state index contributed by atoms with van der Waals surface area (Å²) in [6.45, 7) is 7.46. The predicted octanol–water partition coefficient (Wildman–Crippen LogP) is 7.23. The van der Waals surface area contributed by atoms with Crippen molar-refractivity contribution in [3.05, 3.63) is 97.7 Å². The molecule has 0 atom stereocenters. The summed E-state index contributed by atoms with van der Waals surface area (Å²) in [5, 5.41) is 0. The van der Waals surface area contributed by atoms with E-state index in [-0.39, 0.29) is 0 Å². The highest BCUT2D eigenvalue weighted by Crippen LogP contribution is 2.05. The number of unbranched alkanes of at least 4 members (excludes halogenated alkanes) is 5. The minimum atomic E-state index is 1.19. The van der Waals surface area contributed by atoms with Gasteiger partial charge in [-0.1, -0.05) is 130 Å². The Hall–Kier alpha value is -2.08. The summed E-state index contributed by atoms with van der Waals surface area (Å²) < 4.78 is 0. The van der Waals surface area contributed by atoms with Crippen molar-refractivity contribution in [1.29, 1.82) is 0 Å². The molecule has 0 fully saturated rings. The van der Waals surface area contributed by atoms with Gasteiger partial charge in [0.15, 0.2) is 0 Å². The Labute approximate surface area is 143 Å². The smallest absolute Gasteiger partial charge is 0.0348 e. The molecule has 0 saturated heterocycles. The summed E-state index contributed by atoms with van der Waals surface area (Å²) in [6, 6.07) is 0. The zero-order valence-electron chi connectivity index (χ0n) is 14.5. The first kappa shape index (κ1) is 20.9. The second kappa shape index (κ2) is 19.9. The molecule has 0 bridgehead atoms. The van der Waals surface area contributed by atoms with Gasteiger partial charge in [0.2, 0.25) is 0 Å². The van der Waals surface area contributed by atoms with Crippen LogP contribution < -0.4 is 0 Å². The lowest BCUT2D eigenvalue weighted by molar-refractivity contribution is 0.637. The van der Waals surface area contributed by atoms with Gasteiger partial charge in [0, 0.05) is 0 Å². The van der Waals surface area contributed by atoms with Crippen molar-refractivity contribution in [2.45, 2.75) is 45.4 Å². The molecule has 23 heavy (non-hydrogen) atoms. The molecule has 0 aromatic rings. The highest BCUT2D eigenvalue weighted by Gasteiger charge is 1.85. The fraction of sp³-hybridized carbons (Fsp3) is 0.304. The van der Waals surface area contributed by atoms with Crippen molar-refractivity contribution in [3.8, 4) is 0 Å². The van der Waals surface area contributed by atoms with Crippen molar-refractivity contribution >= 4 is 0 Å². The summed E-state index contributed by atoms with van der Waals surface area (Å²) in [7, 11) is 0. The largest absolute Gasteiger partial charge is 0.0845 e. The normalized spacial score (nSPS) is 13.4. The molecule has 0 spiro atoms. The second-order valence-corrected chi connectivity index (χ2v) is 5.13. The van der Waals surface area contributed by atoms with Gasteiger partial charge in [-0.15, -0.1) is 0 Å². The Balaban J connectivity index is 3.66. The topological polar surface area (TPSA) is 0 Å². The van der Waals surface area contributed by atoms with Crippen LogP contribution in [0, 0.1) is 6.58 Å².